The molecule has 1 unspecified atom stereocenters. The molecule has 0 aromatic rings. The maximum absolute atomic E-state index is 5.17. The van der Waals surface area contributed by atoms with Crippen molar-refractivity contribution in [3.8, 4) is 12.3 Å². The maximum atomic E-state index is 5.17. The molecule has 0 rings (SSSR count). The molecule has 0 N–H and O–H groups in total. The zero-order chi connectivity index (χ0) is 8.15. The van der Waals surface area contributed by atoms with Crippen molar-refractivity contribution in [1.29, 1.82) is 0 Å². The Kier molecular flexibility index (Phi) is 3.88. The van der Waals surface area contributed by atoms with Crippen LogP contribution < -0.4 is 0 Å². The number of allylic oxidation sites excluding steroid dienone is 1. The van der Waals surface area contributed by atoms with Crippen LogP contribution in [0.5, 0.6) is 0 Å². The molecule has 0 aliphatic carbocycles. The number of hydrogen-bond acceptors (Lipinski definition) is 0. The largest absolute Gasteiger partial charge is 0.115 e. The highest BCUT2D eigenvalue weighted by atomic mass is 14.1. The Morgan fingerprint density at radius 1 is 1.50 bits per heavy atom. The molecule has 0 spiro atoms. The predicted molar refractivity (Wildman–Crippen MR) is 46.6 cm³/mol. The zero-order valence-corrected chi connectivity index (χ0v) is 7.15. The van der Waals surface area contributed by atoms with Crippen LogP contribution in [-0.2, 0) is 0 Å². The van der Waals surface area contributed by atoms with Gasteiger partial charge < -0.3 is 0 Å². The predicted octanol–water partition coefficient (Wildman–Crippen LogP) is 2.86. The first-order valence-corrected chi connectivity index (χ1v) is 3.72. The molecule has 0 radical (unpaired) electrons. The van der Waals surface area contributed by atoms with Crippen LogP contribution in [0.2, 0.25) is 0 Å². The normalized spacial score (nSPS) is 12.7. The van der Waals surface area contributed by atoms with Gasteiger partial charge in [-0.05, 0) is 23.8 Å². The number of hydrogen-bond donors (Lipinski definition) is 0. The zero-order valence-electron chi connectivity index (χ0n) is 7.15. The minimum absolute atomic E-state index is 0.656. The summed E-state index contributed by atoms with van der Waals surface area (Å²) < 4.78 is 0. The van der Waals surface area contributed by atoms with E-state index in [-0.39, 0.29) is 0 Å². The highest BCUT2D eigenvalue weighted by molar-refractivity contribution is 5.21. The van der Waals surface area contributed by atoms with Crippen molar-refractivity contribution in [3.05, 3.63) is 12.2 Å². The molecule has 0 aromatic carbocycles. The fourth-order valence-corrected chi connectivity index (χ4v) is 0.683. The van der Waals surface area contributed by atoms with E-state index in [1.165, 1.54) is 0 Å². The average molecular weight is 136 g/mol. The second-order valence-corrected chi connectivity index (χ2v) is 3.17. The quantitative estimate of drug-likeness (QED) is 0.523. The van der Waals surface area contributed by atoms with E-state index in [0.29, 0.717) is 11.8 Å². The van der Waals surface area contributed by atoms with Gasteiger partial charge in [0.05, 0.1) is 0 Å². The smallest absolute Gasteiger partial charge is 0.00515 e. The molecule has 0 aliphatic heterocycles. The summed E-state index contributed by atoms with van der Waals surface area (Å²) in [5.74, 6) is 3.91. The second kappa shape index (κ2) is 4.17. The molecular formula is C10H16. The van der Waals surface area contributed by atoms with Gasteiger partial charge in [-0.2, -0.15) is 0 Å². The first-order chi connectivity index (χ1) is 4.57. The van der Waals surface area contributed by atoms with Crippen LogP contribution >= 0.6 is 0 Å². The third-order valence-corrected chi connectivity index (χ3v) is 1.91. The lowest BCUT2D eigenvalue weighted by Crippen LogP contribution is -2.03. The standard InChI is InChI=1S/C10H16/c1-6-9(4)7-10(5)8(2)3/h1,8,10H,4,7H2,2-3,5H3. The van der Waals surface area contributed by atoms with Crippen LogP contribution in [0.3, 0.4) is 0 Å². The van der Waals surface area contributed by atoms with Crippen LogP contribution in [0.4, 0.5) is 0 Å². The lowest BCUT2D eigenvalue weighted by Gasteiger charge is -2.13. The van der Waals surface area contributed by atoms with E-state index in [2.05, 4.69) is 33.3 Å². The van der Waals surface area contributed by atoms with Gasteiger partial charge in [-0.15, -0.1) is 6.42 Å². The van der Waals surface area contributed by atoms with Crippen LogP contribution in [0, 0.1) is 24.2 Å². The molecule has 0 nitrogen and oxygen atoms in total. The first-order valence-electron chi connectivity index (χ1n) is 3.72. The van der Waals surface area contributed by atoms with E-state index in [9.17, 15) is 0 Å². The summed E-state index contributed by atoms with van der Waals surface area (Å²) >= 11 is 0. The Labute approximate surface area is 64.3 Å². The minimum Gasteiger partial charge on any atom is -0.115 e. The molecule has 0 saturated carbocycles. The molecule has 0 heteroatoms. The van der Waals surface area contributed by atoms with E-state index in [1.54, 1.807) is 0 Å². The van der Waals surface area contributed by atoms with Gasteiger partial charge in [-0.25, -0.2) is 0 Å². The number of terminal acetylenes is 1. The highest BCUT2D eigenvalue weighted by Gasteiger charge is 2.06. The van der Waals surface area contributed by atoms with Crippen molar-refractivity contribution in [1.82, 2.24) is 0 Å². The summed E-state index contributed by atoms with van der Waals surface area (Å²) in [5.41, 5.74) is 0.918. The Bertz CT molecular complexity index is 146. The minimum atomic E-state index is 0.656. The molecule has 0 bridgehead atoms. The highest BCUT2D eigenvalue weighted by Crippen LogP contribution is 2.17. The molecular weight excluding hydrogens is 120 g/mol. The summed E-state index contributed by atoms with van der Waals surface area (Å²) in [6.45, 7) is 10.4. The number of rotatable bonds is 3. The van der Waals surface area contributed by atoms with Gasteiger partial charge in [0.2, 0.25) is 0 Å². The van der Waals surface area contributed by atoms with Crippen LogP contribution in [0.1, 0.15) is 27.2 Å². The monoisotopic (exact) mass is 136 g/mol. The van der Waals surface area contributed by atoms with Gasteiger partial charge in [0.15, 0.2) is 0 Å². The van der Waals surface area contributed by atoms with Gasteiger partial charge in [-0.1, -0.05) is 33.3 Å². The van der Waals surface area contributed by atoms with Crippen LogP contribution in [0.25, 0.3) is 0 Å². The van der Waals surface area contributed by atoms with Gasteiger partial charge in [0, 0.05) is 0 Å². The lowest BCUT2D eigenvalue weighted by atomic mass is 9.92. The summed E-state index contributed by atoms with van der Waals surface area (Å²) in [6, 6.07) is 0. The summed E-state index contributed by atoms with van der Waals surface area (Å²) in [5, 5.41) is 0. The molecule has 10 heavy (non-hydrogen) atoms. The molecule has 0 aliphatic rings. The van der Waals surface area contributed by atoms with Crippen LogP contribution in [0.15, 0.2) is 12.2 Å². The van der Waals surface area contributed by atoms with Crippen molar-refractivity contribution in [2.24, 2.45) is 11.8 Å². The molecule has 0 aromatic heterocycles. The van der Waals surface area contributed by atoms with Gasteiger partial charge >= 0.3 is 0 Å². The van der Waals surface area contributed by atoms with Crippen molar-refractivity contribution in [2.45, 2.75) is 27.2 Å². The SMILES string of the molecule is C#CC(=C)CC(C)C(C)C. The molecule has 0 saturated heterocycles. The van der Waals surface area contributed by atoms with Gasteiger partial charge in [0.25, 0.3) is 0 Å². The Balaban J connectivity index is 3.71. The topological polar surface area (TPSA) is 0 Å². The fraction of sp³-hybridized carbons (Fsp3) is 0.600. The van der Waals surface area contributed by atoms with Crippen molar-refractivity contribution < 1.29 is 0 Å². The fourth-order valence-electron chi connectivity index (χ4n) is 0.683. The molecule has 0 amide bonds. The third kappa shape index (κ3) is 3.35. The van der Waals surface area contributed by atoms with Crippen LogP contribution in [-0.4, -0.2) is 0 Å². The molecule has 56 valence electrons. The van der Waals surface area contributed by atoms with Gasteiger partial charge in [0.1, 0.15) is 0 Å². The van der Waals surface area contributed by atoms with E-state index in [4.69, 9.17) is 6.42 Å². The third-order valence-electron chi connectivity index (χ3n) is 1.91. The van der Waals surface area contributed by atoms with Crippen molar-refractivity contribution in [2.75, 3.05) is 0 Å². The summed E-state index contributed by atoms with van der Waals surface area (Å²) in [4.78, 5) is 0. The van der Waals surface area contributed by atoms with E-state index in [0.717, 1.165) is 12.0 Å². The van der Waals surface area contributed by atoms with Crippen molar-refractivity contribution >= 4 is 0 Å². The van der Waals surface area contributed by atoms with E-state index in [1.807, 2.05) is 0 Å². The van der Waals surface area contributed by atoms with Crippen molar-refractivity contribution in [3.63, 3.8) is 0 Å². The Morgan fingerprint density at radius 3 is 2.30 bits per heavy atom. The molecule has 1 atom stereocenters. The molecule has 0 heterocycles. The summed E-state index contributed by atoms with van der Waals surface area (Å²) in [6.07, 6.45) is 6.14. The Morgan fingerprint density at radius 2 is 2.00 bits per heavy atom. The van der Waals surface area contributed by atoms with E-state index >= 15 is 0 Å². The lowest BCUT2D eigenvalue weighted by molar-refractivity contribution is 0.420. The first kappa shape index (κ1) is 9.30. The van der Waals surface area contributed by atoms with Gasteiger partial charge in [-0.3, -0.25) is 0 Å². The average Bonchev–Trinajstić information content (AvgIpc) is 1.87. The molecule has 0 fully saturated rings. The maximum Gasteiger partial charge on any atom is -0.00515 e. The summed E-state index contributed by atoms with van der Waals surface area (Å²) in [7, 11) is 0. The van der Waals surface area contributed by atoms with E-state index < -0.39 is 0 Å². The Hall–Kier alpha value is -0.700. The second-order valence-electron chi connectivity index (χ2n) is 3.17.